The van der Waals surface area contributed by atoms with Gasteiger partial charge in [-0.3, -0.25) is 9.69 Å². The van der Waals surface area contributed by atoms with E-state index in [0.717, 1.165) is 50.1 Å². The molecule has 2 fully saturated rings. The van der Waals surface area contributed by atoms with E-state index in [0.29, 0.717) is 30.2 Å². The van der Waals surface area contributed by atoms with Crippen molar-refractivity contribution in [1.29, 1.82) is 0 Å². The number of nitrogens with zero attached hydrogens (tertiary/aromatic N) is 4. The van der Waals surface area contributed by atoms with Crippen molar-refractivity contribution in [1.82, 2.24) is 20.1 Å². The summed E-state index contributed by atoms with van der Waals surface area (Å²) in [7, 11) is 0. The van der Waals surface area contributed by atoms with Crippen LogP contribution in [-0.4, -0.2) is 51.7 Å². The van der Waals surface area contributed by atoms with Gasteiger partial charge in [-0.25, -0.2) is 4.63 Å². The SMILES string of the molecule is CC(C)CN1C(=O)CC[C@H]2CN(Cc3cccc4nonc34)CC[C@H]21. The largest absolute Gasteiger partial charge is 0.339 e. The maximum absolute atomic E-state index is 12.4. The summed E-state index contributed by atoms with van der Waals surface area (Å²) >= 11 is 0. The van der Waals surface area contributed by atoms with E-state index < -0.39 is 0 Å². The van der Waals surface area contributed by atoms with Crippen molar-refractivity contribution in [3.05, 3.63) is 23.8 Å². The molecule has 6 nitrogen and oxygen atoms in total. The van der Waals surface area contributed by atoms with Crippen LogP contribution >= 0.6 is 0 Å². The summed E-state index contributed by atoms with van der Waals surface area (Å²) in [6, 6.07) is 6.47. The molecule has 2 aliphatic rings. The lowest BCUT2D eigenvalue weighted by atomic mass is 9.83. The number of carbonyl (C=O) groups is 1. The molecule has 2 aliphatic heterocycles. The zero-order valence-corrected chi connectivity index (χ0v) is 15.0. The Balaban J connectivity index is 1.46. The van der Waals surface area contributed by atoms with Crippen molar-refractivity contribution in [3.63, 3.8) is 0 Å². The lowest BCUT2D eigenvalue weighted by Gasteiger charge is -2.47. The van der Waals surface area contributed by atoms with Gasteiger partial charge in [-0.2, -0.15) is 0 Å². The van der Waals surface area contributed by atoms with Crippen LogP contribution in [0.1, 0.15) is 38.7 Å². The van der Waals surface area contributed by atoms with Gasteiger partial charge in [0, 0.05) is 38.6 Å². The van der Waals surface area contributed by atoms with Crippen LogP contribution in [0.4, 0.5) is 0 Å². The number of benzene rings is 1. The van der Waals surface area contributed by atoms with Crippen LogP contribution in [0, 0.1) is 11.8 Å². The van der Waals surface area contributed by atoms with E-state index in [1.165, 1.54) is 5.56 Å². The third kappa shape index (κ3) is 3.27. The van der Waals surface area contributed by atoms with Crippen LogP contribution in [0.15, 0.2) is 22.8 Å². The lowest BCUT2D eigenvalue weighted by Crippen LogP contribution is -2.56. The third-order valence-corrected chi connectivity index (χ3v) is 5.55. The van der Waals surface area contributed by atoms with E-state index in [4.69, 9.17) is 4.63 Å². The second-order valence-corrected chi connectivity index (χ2v) is 7.88. The molecule has 0 N–H and O–H groups in total. The number of carbonyl (C=O) groups excluding carboxylic acids is 1. The van der Waals surface area contributed by atoms with Gasteiger partial charge in [0.15, 0.2) is 0 Å². The van der Waals surface area contributed by atoms with E-state index in [1.807, 2.05) is 12.1 Å². The minimum atomic E-state index is 0.349. The number of fused-ring (bicyclic) bond motifs is 2. The fraction of sp³-hybridized carbons (Fsp3) is 0.632. The number of aromatic nitrogens is 2. The van der Waals surface area contributed by atoms with E-state index >= 15 is 0 Å². The van der Waals surface area contributed by atoms with Crippen molar-refractivity contribution in [2.75, 3.05) is 19.6 Å². The molecule has 134 valence electrons. The number of hydrogen-bond donors (Lipinski definition) is 0. The maximum atomic E-state index is 12.4. The summed E-state index contributed by atoms with van der Waals surface area (Å²) in [6.07, 6.45) is 2.78. The second-order valence-electron chi connectivity index (χ2n) is 7.88. The molecule has 0 spiro atoms. The lowest BCUT2D eigenvalue weighted by molar-refractivity contribution is -0.142. The van der Waals surface area contributed by atoms with Crippen LogP contribution in [-0.2, 0) is 11.3 Å². The molecule has 6 heteroatoms. The summed E-state index contributed by atoms with van der Waals surface area (Å²) in [5.74, 6) is 1.46. The minimum absolute atomic E-state index is 0.349. The van der Waals surface area contributed by atoms with E-state index in [9.17, 15) is 4.79 Å². The summed E-state index contributed by atoms with van der Waals surface area (Å²) in [4.78, 5) is 17.0. The third-order valence-electron chi connectivity index (χ3n) is 5.55. The summed E-state index contributed by atoms with van der Waals surface area (Å²) < 4.78 is 4.88. The molecule has 0 aliphatic carbocycles. The molecule has 2 aromatic rings. The molecule has 2 saturated heterocycles. The highest BCUT2D eigenvalue weighted by Crippen LogP contribution is 2.32. The van der Waals surface area contributed by atoms with Gasteiger partial charge in [0.05, 0.1) is 0 Å². The predicted molar refractivity (Wildman–Crippen MR) is 94.8 cm³/mol. The molecule has 0 unspecified atom stereocenters. The second kappa shape index (κ2) is 6.75. The van der Waals surface area contributed by atoms with Crippen LogP contribution < -0.4 is 0 Å². The van der Waals surface area contributed by atoms with E-state index in [-0.39, 0.29) is 0 Å². The molecule has 25 heavy (non-hydrogen) atoms. The van der Waals surface area contributed by atoms with Gasteiger partial charge in [-0.05, 0) is 46.6 Å². The molecule has 1 amide bonds. The molecule has 2 atom stereocenters. The first kappa shape index (κ1) is 16.5. The van der Waals surface area contributed by atoms with Gasteiger partial charge in [0.2, 0.25) is 5.91 Å². The van der Waals surface area contributed by atoms with Crippen LogP contribution in [0.3, 0.4) is 0 Å². The Kier molecular flexibility index (Phi) is 4.46. The van der Waals surface area contributed by atoms with E-state index in [2.05, 4.69) is 40.0 Å². The Morgan fingerprint density at radius 3 is 3.00 bits per heavy atom. The molecule has 4 rings (SSSR count). The van der Waals surface area contributed by atoms with Crippen LogP contribution in [0.25, 0.3) is 11.0 Å². The van der Waals surface area contributed by atoms with Gasteiger partial charge >= 0.3 is 0 Å². The number of rotatable bonds is 4. The monoisotopic (exact) mass is 342 g/mol. The Hall–Kier alpha value is -1.95. The molecule has 1 aromatic carbocycles. The highest BCUT2D eigenvalue weighted by Gasteiger charge is 2.39. The molecule has 0 radical (unpaired) electrons. The molecule has 0 saturated carbocycles. The zero-order chi connectivity index (χ0) is 17.4. The topological polar surface area (TPSA) is 62.5 Å². The molecular weight excluding hydrogens is 316 g/mol. The highest BCUT2D eigenvalue weighted by atomic mass is 16.6. The Bertz CT molecular complexity index is 757. The molecular formula is C19H26N4O2. The van der Waals surface area contributed by atoms with Crippen molar-refractivity contribution < 1.29 is 9.42 Å². The zero-order valence-electron chi connectivity index (χ0n) is 15.0. The Morgan fingerprint density at radius 1 is 1.28 bits per heavy atom. The van der Waals surface area contributed by atoms with Gasteiger partial charge in [0.25, 0.3) is 0 Å². The molecule has 3 heterocycles. The summed E-state index contributed by atoms with van der Waals surface area (Å²) in [5, 5.41) is 7.99. The van der Waals surface area contributed by atoms with Gasteiger partial charge in [0.1, 0.15) is 11.0 Å². The normalized spacial score (nSPS) is 24.9. The van der Waals surface area contributed by atoms with Crippen molar-refractivity contribution in [3.8, 4) is 0 Å². The minimum Gasteiger partial charge on any atom is -0.339 e. The van der Waals surface area contributed by atoms with Crippen LogP contribution in [0.5, 0.6) is 0 Å². The average Bonchev–Trinajstić information content (AvgIpc) is 3.07. The van der Waals surface area contributed by atoms with Gasteiger partial charge in [-0.1, -0.05) is 26.0 Å². The van der Waals surface area contributed by atoms with Crippen LogP contribution in [0.2, 0.25) is 0 Å². The Labute approximate surface area is 148 Å². The fourth-order valence-electron chi connectivity index (χ4n) is 4.43. The smallest absolute Gasteiger partial charge is 0.222 e. The molecule has 1 aromatic heterocycles. The standard InChI is InChI=1S/C19H26N4O2/c1-13(2)10-23-17-8-9-22(11-14(17)6-7-18(23)24)12-15-4-3-5-16-19(15)21-25-20-16/h3-5,13-14,17H,6-12H2,1-2H3/t14-,17+/m0/s1. The van der Waals surface area contributed by atoms with Crippen molar-refractivity contribution >= 4 is 16.9 Å². The van der Waals surface area contributed by atoms with Gasteiger partial charge in [-0.15, -0.1) is 0 Å². The summed E-state index contributed by atoms with van der Waals surface area (Å²) in [6.45, 7) is 8.22. The quantitative estimate of drug-likeness (QED) is 0.855. The van der Waals surface area contributed by atoms with E-state index in [1.54, 1.807) is 0 Å². The first-order valence-corrected chi connectivity index (χ1v) is 9.34. The first-order valence-electron chi connectivity index (χ1n) is 9.34. The number of amides is 1. The number of likely N-dealkylation sites (tertiary alicyclic amines) is 2. The predicted octanol–water partition coefficient (Wildman–Crippen LogP) is 2.69. The fourth-order valence-corrected chi connectivity index (χ4v) is 4.43. The number of hydrogen-bond acceptors (Lipinski definition) is 5. The first-order chi connectivity index (χ1) is 12.1. The van der Waals surface area contributed by atoms with Crippen molar-refractivity contribution in [2.24, 2.45) is 11.8 Å². The Morgan fingerprint density at radius 2 is 2.16 bits per heavy atom. The van der Waals surface area contributed by atoms with Crippen molar-refractivity contribution in [2.45, 2.75) is 45.7 Å². The van der Waals surface area contributed by atoms with Gasteiger partial charge < -0.3 is 4.90 Å². The average molecular weight is 342 g/mol. The maximum Gasteiger partial charge on any atom is 0.222 e. The number of piperidine rings is 2. The molecule has 0 bridgehead atoms. The highest BCUT2D eigenvalue weighted by molar-refractivity contribution is 5.77. The summed E-state index contributed by atoms with van der Waals surface area (Å²) in [5.41, 5.74) is 2.85.